The van der Waals surface area contributed by atoms with E-state index in [9.17, 15) is 10.1 Å². The van der Waals surface area contributed by atoms with Gasteiger partial charge >= 0.3 is 0 Å². The average Bonchev–Trinajstić information content (AvgIpc) is 2.96. The van der Waals surface area contributed by atoms with Gasteiger partial charge in [-0.3, -0.25) is 9.69 Å². The Labute approximate surface area is 172 Å². The molecule has 0 unspecified atom stereocenters. The zero-order chi connectivity index (χ0) is 19.8. The summed E-state index contributed by atoms with van der Waals surface area (Å²) < 4.78 is 0. The number of hydrogen-bond donors (Lipinski definition) is 1. The zero-order valence-electron chi connectivity index (χ0n) is 15.8. The quantitative estimate of drug-likeness (QED) is 0.711. The zero-order valence-corrected chi connectivity index (χ0v) is 17.3. The van der Waals surface area contributed by atoms with Crippen molar-refractivity contribution in [2.24, 2.45) is 0 Å². The lowest BCUT2D eigenvalue weighted by Crippen LogP contribution is -2.46. The van der Waals surface area contributed by atoms with Crippen molar-refractivity contribution in [3.05, 3.63) is 55.4 Å². The predicted octanol–water partition coefficient (Wildman–Crippen LogP) is 3.45. The molecular formula is C20H20ClN5OS. The number of rotatable bonds is 3. The first-order valence-corrected chi connectivity index (χ1v) is 10.3. The number of fused-ring (bicyclic) bond motifs is 1. The van der Waals surface area contributed by atoms with E-state index in [1.165, 1.54) is 0 Å². The second kappa shape index (κ2) is 7.55. The van der Waals surface area contributed by atoms with Gasteiger partial charge in [0.15, 0.2) is 0 Å². The van der Waals surface area contributed by atoms with Gasteiger partial charge in [0.05, 0.1) is 23.2 Å². The maximum atomic E-state index is 12.5. The lowest BCUT2D eigenvalue weighted by atomic mass is 10.1. The van der Waals surface area contributed by atoms with Crippen molar-refractivity contribution in [2.75, 3.05) is 31.1 Å². The smallest absolute Gasteiger partial charge is 0.259 e. The number of nitrogens with zero attached hydrogens (tertiary/aromatic N) is 4. The maximum Gasteiger partial charge on any atom is 0.259 e. The van der Waals surface area contributed by atoms with Crippen LogP contribution < -0.4 is 10.5 Å². The standard InChI is InChI=1S/C20H20ClN5OS/c1-12-13(2)28-20-18(12)19(27)23-17(24-20)11-25-5-7-26(8-6-25)16-4-3-15(21)9-14(16)10-22/h3-4,9H,5-8,11H2,1-2H3,(H,23,24,27). The third kappa shape index (κ3) is 3.51. The van der Waals surface area contributed by atoms with E-state index < -0.39 is 0 Å². The number of hydrogen-bond acceptors (Lipinski definition) is 6. The molecule has 1 aliphatic heterocycles. The molecule has 0 amide bonds. The van der Waals surface area contributed by atoms with Gasteiger partial charge in [-0.1, -0.05) is 11.6 Å². The van der Waals surface area contributed by atoms with Crippen molar-refractivity contribution in [3.8, 4) is 6.07 Å². The largest absolute Gasteiger partial charge is 0.368 e. The molecule has 0 bridgehead atoms. The van der Waals surface area contributed by atoms with E-state index in [0.717, 1.165) is 47.1 Å². The van der Waals surface area contributed by atoms with Crippen LogP contribution in [0.25, 0.3) is 10.2 Å². The number of nitrogens with one attached hydrogen (secondary N) is 1. The van der Waals surface area contributed by atoms with Crippen LogP contribution in [0.2, 0.25) is 5.02 Å². The van der Waals surface area contributed by atoms with Gasteiger partial charge in [0.1, 0.15) is 16.7 Å². The molecule has 1 aromatic carbocycles. The van der Waals surface area contributed by atoms with Gasteiger partial charge in [0.2, 0.25) is 0 Å². The van der Waals surface area contributed by atoms with Crippen molar-refractivity contribution < 1.29 is 0 Å². The second-order valence-corrected chi connectivity index (χ2v) is 8.65. The number of aromatic amines is 1. The molecule has 0 atom stereocenters. The van der Waals surface area contributed by atoms with Gasteiger partial charge < -0.3 is 9.88 Å². The van der Waals surface area contributed by atoms with Crippen LogP contribution in [0, 0.1) is 25.2 Å². The number of benzene rings is 1. The number of H-pyrrole nitrogens is 1. The van der Waals surface area contributed by atoms with Gasteiger partial charge in [0.25, 0.3) is 5.56 Å². The Hall–Kier alpha value is -2.40. The summed E-state index contributed by atoms with van der Waals surface area (Å²) in [5.74, 6) is 0.705. The molecule has 144 valence electrons. The van der Waals surface area contributed by atoms with Crippen LogP contribution in [0.4, 0.5) is 5.69 Å². The summed E-state index contributed by atoms with van der Waals surface area (Å²) in [5, 5.41) is 10.7. The van der Waals surface area contributed by atoms with Crippen LogP contribution in [-0.4, -0.2) is 41.0 Å². The van der Waals surface area contributed by atoms with E-state index in [-0.39, 0.29) is 5.56 Å². The number of piperazine rings is 1. The minimum atomic E-state index is -0.0553. The van der Waals surface area contributed by atoms with E-state index in [1.54, 1.807) is 17.4 Å². The summed E-state index contributed by atoms with van der Waals surface area (Å²) in [4.78, 5) is 26.5. The van der Waals surface area contributed by atoms with Crippen molar-refractivity contribution in [1.29, 1.82) is 5.26 Å². The number of aromatic nitrogens is 2. The Bertz CT molecular complexity index is 1140. The molecule has 1 fully saturated rings. The van der Waals surface area contributed by atoms with Gasteiger partial charge in [0, 0.05) is 36.1 Å². The van der Waals surface area contributed by atoms with E-state index in [1.807, 2.05) is 26.0 Å². The van der Waals surface area contributed by atoms with E-state index >= 15 is 0 Å². The van der Waals surface area contributed by atoms with Crippen molar-refractivity contribution >= 4 is 38.8 Å². The minimum Gasteiger partial charge on any atom is -0.368 e. The molecule has 4 rings (SSSR count). The normalized spacial score (nSPS) is 15.1. The second-order valence-electron chi connectivity index (χ2n) is 7.01. The molecule has 1 N–H and O–H groups in total. The number of thiophene rings is 1. The summed E-state index contributed by atoms with van der Waals surface area (Å²) in [6.07, 6.45) is 0. The summed E-state index contributed by atoms with van der Waals surface area (Å²) in [5.41, 5.74) is 2.48. The first-order chi connectivity index (χ1) is 13.5. The lowest BCUT2D eigenvalue weighted by Gasteiger charge is -2.36. The third-order valence-corrected chi connectivity index (χ3v) is 6.59. The molecule has 8 heteroatoms. The molecule has 6 nitrogen and oxygen atoms in total. The summed E-state index contributed by atoms with van der Waals surface area (Å²) in [6.45, 7) is 7.87. The van der Waals surface area contributed by atoms with Crippen molar-refractivity contribution in [3.63, 3.8) is 0 Å². The van der Waals surface area contributed by atoms with E-state index in [0.29, 0.717) is 28.3 Å². The van der Waals surface area contributed by atoms with Crippen molar-refractivity contribution in [2.45, 2.75) is 20.4 Å². The maximum absolute atomic E-state index is 12.5. The number of halogens is 1. The van der Waals surface area contributed by atoms with Crippen LogP contribution in [0.1, 0.15) is 21.8 Å². The average molecular weight is 414 g/mol. The van der Waals surface area contributed by atoms with Gasteiger partial charge in [-0.05, 0) is 37.6 Å². The molecule has 0 radical (unpaired) electrons. The fourth-order valence-electron chi connectivity index (χ4n) is 3.61. The van der Waals surface area contributed by atoms with E-state index in [4.69, 9.17) is 11.6 Å². The van der Waals surface area contributed by atoms with Gasteiger partial charge in [-0.2, -0.15) is 5.26 Å². The minimum absolute atomic E-state index is 0.0553. The van der Waals surface area contributed by atoms with Crippen molar-refractivity contribution in [1.82, 2.24) is 14.9 Å². The van der Waals surface area contributed by atoms with Crippen LogP contribution in [0.5, 0.6) is 0 Å². The molecule has 28 heavy (non-hydrogen) atoms. The van der Waals surface area contributed by atoms with Crippen LogP contribution in [0.15, 0.2) is 23.0 Å². The molecule has 3 aromatic rings. The highest BCUT2D eigenvalue weighted by molar-refractivity contribution is 7.18. The molecule has 1 saturated heterocycles. The fourth-order valence-corrected chi connectivity index (χ4v) is 4.83. The Balaban J connectivity index is 1.47. The van der Waals surface area contributed by atoms with Crippen LogP contribution in [0.3, 0.4) is 0 Å². The molecule has 0 aliphatic carbocycles. The molecule has 1 aliphatic rings. The number of nitriles is 1. The highest BCUT2D eigenvalue weighted by Gasteiger charge is 2.21. The first-order valence-electron chi connectivity index (χ1n) is 9.12. The summed E-state index contributed by atoms with van der Waals surface area (Å²) >= 11 is 7.57. The van der Waals surface area contributed by atoms with Crippen LogP contribution in [-0.2, 0) is 6.54 Å². The number of aryl methyl sites for hydroxylation is 2. The monoisotopic (exact) mass is 413 g/mol. The molecule has 0 spiro atoms. The van der Waals surface area contributed by atoms with E-state index in [2.05, 4.69) is 25.8 Å². The Kier molecular flexibility index (Phi) is 5.11. The first kappa shape index (κ1) is 18.9. The molecular weight excluding hydrogens is 394 g/mol. The number of anilines is 1. The third-order valence-electron chi connectivity index (χ3n) is 5.25. The molecule has 2 aromatic heterocycles. The summed E-state index contributed by atoms with van der Waals surface area (Å²) in [7, 11) is 0. The SMILES string of the molecule is Cc1sc2nc(CN3CCN(c4ccc(Cl)cc4C#N)CC3)[nH]c(=O)c2c1C. The molecule has 3 heterocycles. The Morgan fingerprint density at radius 3 is 2.75 bits per heavy atom. The Morgan fingerprint density at radius 2 is 2.04 bits per heavy atom. The highest BCUT2D eigenvalue weighted by atomic mass is 35.5. The fraction of sp³-hybridized carbons (Fsp3) is 0.350. The predicted molar refractivity (Wildman–Crippen MR) is 113 cm³/mol. The molecule has 0 saturated carbocycles. The lowest BCUT2D eigenvalue weighted by molar-refractivity contribution is 0.244. The Morgan fingerprint density at radius 1 is 1.29 bits per heavy atom. The highest BCUT2D eigenvalue weighted by Crippen LogP contribution is 2.27. The topological polar surface area (TPSA) is 76.0 Å². The van der Waals surface area contributed by atoms with Gasteiger partial charge in [-0.15, -0.1) is 11.3 Å². The van der Waals surface area contributed by atoms with Crippen LogP contribution >= 0.6 is 22.9 Å². The van der Waals surface area contributed by atoms with Gasteiger partial charge in [-0.25, -0.2) is 4.98 Å². The summed E-state index contributed by atoms with van der Waals surface area (Å²) in [6, 6.07) is 7.66.